The number of pyridine rings is 1. The number of fused-ring (bicyclic) bond motifs is 2. The number of aryl methyl sites for hydroxylation is 2. The minimum atomic E-state index is -0.474. The van der Waals surface area contributed by atoms with Crippen LogP contribution < -0.4 is 16.0 Å². The number of aliphatic hydroxyl groups is 1. The van der Waals surface area contributed by atoms with Crippen LogP contribution >= 0.6 is 0 Å². The van der Waals surface area contributed by atoms with E-state index < -0.39 is 11.2 Å². The van der Waals surface area contributed by atoms with E-state index in [0.717, 1.165) is 40.7 Å². The van der Waals surface area contributed by atoms with Crippen LogP contribution in [0.3, 0.4) is 0 Å². The van der Waals surface area contributed by atoms with Crippen molar-refractivity contribution in [3.05, 3.63) is 74.3 Å². The van der Waals surface area contributed by atoms with E-state index in [-0.39, 0.29) is 49.2 Å². The first kappa shape index (κ1) is 26.4. The van der Waals surface area contributed by atoms with Gasteiger partial charge in [-0.2, -0.15) is 0 Å². The molecule has 2 saturated carbocycles. The van der Waals surface area contributed by atoms with Crippen LogP contribution in [0.15, 0.2) is 46.0 Å². The molecule has 9 nitrogen and oxygen atoms in total. The van der Waals surface area contributed by atoms with Crippen molar-refractivity contribution >= 4 is 11.2 Å². The lowest BCUT2D eigenvalue weighted by molar-refractivity contribution is 0.180. The third-order valence-corrected chi connectivity index (χ3v) is 8.64. The molecule has 1 aromatic carbocycles. The second-order valence-electron chi connectivity index (χ2n) is 11.1. The number of aromatic nitrogens is 5. The number of imidazole rings is 1. The van der Waals surface area contributed by atoms with Crippen molar-refractivity contribution in [2.24, 2.45) is 17.8 Å². The van der Waals surface area contributed by atoms with E-state index in [9.17, 15) is 19.1 Å². The topological polar surface area (TPSA) is 104 Å². The van der Waals surface area contributed by atoms with Crippen LogP contribution in [0.4, 0.5) is 4.39 Å². The lowest BCUT2D eigenvalue weighted by Crippen LogP contribution is -2.40. The van der Waals surface area contributed by atoms with Crippen molar-refractivity contribution in [2.75, 3.05) is 6.61 Å². The Balaban J connectivity index is 1.46. The molecule has 2 fully saturated rings. The maximum atomic E-state index is 13.7. The zero-order valence-electron chi connectivity index (χ0n) is 23.0. The summed E-state index contributed by atoms with van der Waals surface area (Å²) < 4.78 is 24.3. The summed E-state index contributed by atoms with van der Waals surface area (Å²) in [7, 11) is 0. The Morgan fingerprint density at radius 3 is 2.40 bits per heavy atom. The van der Waals surface area contributed by atoms with E-state index in [1.54, 1.807) is 16.7 Å². The van der Waals surface area contributed by atoms with Gasteiger partial charge in [0.05, 0.1) is 5.69 Å². The van der Waals surface area contributed by atoms with Gasteiger partial charge in [-0.1, -0.05) is 19.1 Å². The van der Waals surface area contributed by atoms with Crippen LogP contribution in [0.25, 0.3) is 22.6 Å². The molecule has 3 heterocycles. The molecule has 6 rings (SSSR count). The van der Waals surface area contributed by atoms with Crippen molar-refractivity contribution in [1.29, 1.82) is 0 Å². The van der Waals surface area contributed by atoms with Crippen LogP contribution in [-0.2, 0) is 19.6 Å². The molecule has 3 aromatic heterocycles. The Morgan fingerprint density at radius 2 is 1.75 bits per heavy atom. The molecule has 0 aliphatic heterocycles. The molecule has 0 saturated heterocycles. The minimum Gasteiger partial charge on any atom is -0.474 e. The van der Waals surface area contributed by atoms with Gasteiger partial charge in [0.2, 0.25) is 5.88 Å². The first-order valence-electron chi connectivity index (χ1n) is 14.0. The fourth-order valence-electron chi connectivity index (χ4n) is 6.36. The summed E-state index contributed by atoms with van der Waals surface area (Å²) in [4.78, 5) is 36.5. The largest absolute Gasteiger partial charge is 0.474 e. The van der Waals surface area contributed by atoms with Crippen LogP contribution in [-0.4, -0.2) is 41.5 Å². The smallest absolute Gasteiger partial charge is 0.332 e. The molecule has 0 radical (unpaired) electrons. The van der Waals surface area contributed by atoms with E-state index in [2.05, 4.69) is 6.92 Å². The predicted molar refractivity (Wildman–Crippen MR) is 149 cm³/mol. The Hall–Kier alpha value is -3.79. The average molecular weight is 548 g/mol. The van der Waals surface area contributed by atoms with Gasteiger partial charge in [-0.25, -0.2) is 19.2 Å². The number of aliphatic hydroxyl groups excluding tert-OH is 1. The van der Waals surface area contributed by atoms with Crippen LogP contribution in [0.2, 0.25) is 0 Å². The third-order valence-electron chi connectivity index (χ3n) is 8.64. The fraction of sp³-hybridized carbons (Fsp3) is 0.467. The zero-order valence-corrected chi connectivity index (χ0v) is 23.0. The summed E-state index contributed by atoms with van der Waals surface area (Å²) in [6.45, 7) is 6.52. The highest BCUT2D eigenvalue weighted by atomic mass is 19.1. The summed E-state index contributed by atoms with van der Waals surface area (Å²) in [5, 5.41) is 9.35. The van der Waals surface area contributed by atoms with Gasteiger partial charge in [0.1, 0.15) is 17.7 Å². The fourth-order valence-corrected chi connectivity index (χ4v) is 6.36. The molecule has 40 heavy (non-hydrogen) atoms. The number of halogens is 1. The van der Waals surface area contributed by atoms with Gasteiger partial charge < -0.3 is 14.4 Å². The quantitative estimate of drug-likeness (QED) is 0.342. The Morgan fingerprint density at radius 1 is 1.02 bits per heavy atom. The Kier molecular flexibility index (Phi) is 6.82. The summed E-state index contributed by atoms with van der Waals surface area (Å²) in [5.41, 5.74) is 1.80. The summed E-state index contributed by atoms with van der Waals surface area (Å²) >= 11 is 0. The SMILES string of the molecule is CCn1c(=O)n(CCCO)c(=O)c2c1nc(-c1ccc(OC3C[C@@H]4C(C)[C@@H]4C3)nc1C)n2Cc1ccc(F)cc1. The normalized spacial score (nSPS) is 21.6. The summed E-state index contributed by atoms with van der Waals surface area (Å²) in [6, 6.07) is 9.83. The molecular weight excluding hydrogens is 513 g/mol. The van der Waals surface area contributed by atoms with Crippen LogP contribution in [0.1, 0.15) is 44.4 Å². The molecule has 10 heteroatoms. The van der Waals surface area contributed by atoms with Gasteiger partial charge in [0.25, 0.3) is 5.56 Å². The lowest BCUT2D eigenvalue weighted by atomic mass is 10.1. The highest BCUT2D eigenvalue weighted by Gasteiger charge is 2.54. The number of benzene rings is 1. The number of rotatable bonds is 9. The van der Waals surface area contributed by atoms with Gasteiger partial charge in [0, 0.05) is 37.9 Å². The van der Waals surface area contributed by atoms with Crippen LogP contribution in [0, 0.1) is 30.5 Å². The van der Waals surface area contributed by atoms with E-state index in [1.165, 1.54) is 16.7 Å². The Bertz CT molecular complexity index is 1680. The van der Waals surface area contributed by atoms with E-state index in [0.29, 0.717) is 29.5 Å². The van der Waals surface area contributed by atoms with Gasteiger partial charge in [-0.15, -0.1) is 0 Å². The number of nitrogens with zero attached hydrogens (tertiary/aromatic N) is 5. The monoisotopic (exact) mass is 547 g/mol. The first-order valence-corrected chi connectivity index (χ1v) is 14.0. The van der Waals surface area contributed by atoms with E-state index in [1.807, 2.05) is 26.0 Å². The summed E-state index contributed by atoms with van der Waals surface area (Å²) in [5.74, 6) is 3.06. The number of ether oxygens (including phenoxy) is 1. The highest BCUT2D eigenvalue weighted by molar-refractivity contribution is 5.78. The maximum absolute atomic E-state index is 13.7. The van der Waals surface area contributed by atoms with Crippen molar-refractivity contribution in [3.8, 4) is 17.3 Å². The van der Waals surface area contributed by atoms with Crippen molar-refractivity contribution in [1.82, 2.24) is 23.7 Å². The number of hydrogen-bond acceptors (Lipinski definition) is 6. The van der Waals surface area contributed by atoms with Crippen LogP contribution in [0.5, 0.6) is 5.88 Å². The second-order valence-corrected chi connectivity index (χ2v) is 11.1. The lowest BCUT2D eigenvalue weighted by Gasteiger charge is -2.17. The molecule has 2 aliphatic carbocycles. The third kappa shape index (κ3) is 4.54. The standard InChI is InChI=1S/C30H34FN5O4/c1-4-34-28-26(29(38)35(30(34)39)12-5-13-37)36(16-19-6-8-20(31)9-7-19)27(33-28)22-10-11-25(32-18(22)3)40-21-14-23-17(2)24(23)15-21/h6-11,17,21,23-24,37H,4-5,12-16H2,1-3H3/t17?,21?,23-,24+. The molecule has 2 unspecified atom stereocenters. The van der Waals surface area contributed by atoms with Crippen molar-refractivity contribution in [3.63, 3.8) is 0 Å². The second kappa shape index (κ2) is 10.3. The molecule has 0 bridgehead atoms. The van der Waals surface area contributed by atoms with Crippen molar-refractivity contribution < 1.29 is 14.2 Å². The molecule has 2 aliphatic rings. The Labute approximate surface area is 230 Å². The minimum absolute atomic E-state index is 0.0927. The molecule has 210 valence electrons. The molecule has 4 aromatic rings. The van der Waals surface area contributed by atoms with E-state index in [4.69, 9.17) is 14.7 Å². The van der Waals surface area contributed by atoms with Gasteiger partial charge in [-0.05, 0) is 74.6 Å². The number of hydrogen-bond donors (Lipinski definition) is 1. The van der Waals surface area contributed by atoms with Gasteiger partial charge in [-0.3, -0.25) is 13.9 Å². The zero-order chi connectivity index (χ0) is 28.1. The molecule has 4 atom stereocenters. The molecule has 1 N–H and O–H groups in total. The van der Waals surface area contributed by atoms with Gasteiger partial charge in [0.15, 0.2) is 11.2 Å². The van der Waals surface area contributed by atoms with E-state index >= 15 is 0 Å². The highest BCUT2D eigenvalue weighted by Crippen LogP contribution is 2.57. The van der Waals surface area contributed by atoms with Gasteiger partial charge >= 0.3 is 5.69 Å². The average Bonchev–Trinajstić information content (AvgIpc) is 3.24. The van der Waals surface area contributed by atoms with Crippen molar-refractivity contribution in [2.45, 2.75) is 65.8 Å². The maximum Gasteiger partial charge on any atom is 0.332 e. The molecular formula is C30H34FN5O4. The first-order chi connectivity index (χ1) is 19.3. The molecule has 0 amide bonds. The molecule has 0 spiro atoms. The summed E-state index contributed by atoms with van der Waals surface area (Å²) in [6.07, 6.45) is 2.59. The predicted octanol–water partition coefficient (Wildman–Crippen LogP) is 3.74.